The molecule has 0 aliphatic carbocycles. The first-order chi connectivity index (χ1) is 15.1. The minimum absolute atomic E-state index is 0.0988. The highest BCUT2D eigenvalue weighted by atomic mass is 35.5. The molecular weight excluding hydrogens is 430 g/mol. The van der Waals surface area contributed by atoms with Crippen molar-refractivity contribution in [2.75, 3.05) is 13.1 Å². The molecule has 1 amide bonds. The van der Waals surface area contributed by atoms with Gasteiger partial charge in [0.25, 0.3) is 0 Å². The fourth-order valence-corrected chi connectivity index (χ4v) is 4.24. The lowest BCUT2D eigenvalue weighted by atomic mass is 10.0. The summed E-state index contributed by atoms with van der Waals surface area (Å²) in [5, 5.41) is 10.8. The fourth-order valence-electron chi connectivity index (χ4n) is 3.92. The highest BCUT2D eigenvalue weighted by Crippen LogP contribution is 2.20. The molecule has 6 nitrogen and oxygen atoms in total. The van der Waals surface area contributed by atoms with Gasteiger partial charge in [-0.05, 0) is 73.5 Å². The van der Waals surface area contributed by atoms with Crippen LogP contribution >= 0.6 is 23.8 Å². The molecule has 4 rings (SSSR count). The molecule has 1 saturated heterocycles. The van der Waals surface area contributed by atoms with Crippen molar-refractivity contribution in [3.63, 3.8) is 0 Å². The Labute approximate surface area is 192 Å². The third kappa shape index (κ3) is 5.61. The summed E-state index contributed by atoms with van der Waals surface area (Å²) >= 11 is 11.3. The maximum absolute atomic E-state index is 12.7. The number of halogens is 1. The number of aromatic nitrogens is 3. The van der Waals surface area contributed by atoms with Gasteiger partial charge in [0.05, 0.1) is 0 Å². The van der Waals surface area contributed by atoms with Crippen molar-refractivity contribution in [3.8, 4) is 11.4 Å². The van der Waals surface area contributed by atoms with Crippen LogP contribution in [-0.2, 0) is 24.4 Å². The smallest absolute Gasteiger partial charge is 0.240 e. The molecule has 1 fully saturated rings. The third-order valence-electron chi connectivity index (χ3n) is 5.60. The minimum atomic E-state index is -0.111. The van der Waals surface area contributed by atoms with Gasteiger partial charge in [-0.25, -0.2) is 0 Å². The molecule has 1 aliphatic rings. The molecule has 2 aromatic carbocycles. The number of nitrogens with one attached hydrogen (secondary N) is 2. The molecule has 1 aromatic heterocycles. The van der Waals surface area contributed by atoms with Gasteiger partial charge in [-0.1, -0.05) is 42.3 Å². The molecule has 162 valence electrons. The Bertz CT molecular complexity index is 1090. The molecule has 0 atom stereocenters. The number of carbonyl (C=O) groups excluding carboxylic acids is 1. The van der Waals surface area contributed by atoms with Gasteiger partial charge in [-0.15, -0.1) is 0 Å². The summed E-state index contributed by atoms with van der Waals surface area (Å²) in [6.07, 6.45) is 3.85. The standard InChI is InChI=1S/C23H26ClN5OS/c24-20-10-8-17(9-11-20)22-26-27-23(31)29(22)16-21(30)25-14-18-6-2-3-7-19(18)15-28-12-4-1-5-13-28/h2-3,6-11H,1,4-5,12-16H2,(H,25,30)(H,27,31). The van der Waals surface area contributed by atoms with E-state index in [-0.39, 0.29) is 12.5 Å². The molecule has 31 heavy (non-hydrogen) atoms. The second-order valence-corrected chi connectivity index (χ2v) is 8.65. The number of aromatic amines is 1. The summed E-state index contributed by atoms with van der Waals surface area (Å²) in [6, 6.07) is 15.6. The largest absolute Gasteiger partial charge is 0.350 e. The summed E-state index contributed by atoms with van der Waals surface area (Å²) < 4.78 is 2.11. The Morgan fingerprint density at radius 2 is 1.77 bits per heavy atom. The number of likely N-dealkylation sites (tertiary alicyclic amines) is 1. The molecule has 8 heteroatoms. The molecule has 3 aromatic rings. The predicted octanol–water partition coefficient (Wildman–Crippen LogP) is 4.56. The Kier molecular flexibility index (Phi) is 7.17. The van der Waals surface area contributed by atoms with E-state index in [4.69, 9.17) is 23.8 Å². The molecule has 0 saturated carbocycles. The van der Waals surface area contributed by atoms with Gasteiger partial charge in [0, 0.05) is 23.7 Å². The summed E-state index contributed by atoms with van der Waals surface area (Å²) in [5.74, 6) is 0.503. The number of amides is 1. The summed E-state index contributed by atoms with van der Waals surface area (Å²) in [5.41, 5.74) is 3.26. The first-order valence-corrected chi connectivity index (χ1v) is 11.4. The fraction of sp³-hybridized carbons (Fsp3) is 0.348. The van der Waals surface area contributed by atoms with Crippen molar-refractivity contribution in [2.45, 2.75) is 38.9 Å². The van der Waals surface area contributed by atoms with Crippen molar-refractivity contribution in [1.82, 2.24) is 25.0 Å². The van der Waals surface area contributed by atoms with Crippen LogP contribution in [0, 0.1) is 4.77 Å². The zero-order valence-electron chi connectivity index (χ0n) is 17.3. The molecule has 0 spiro atoms. The molecule has 0 radical (unpaired) electrons. The quantitative estimate of drug-likeness (QED) is 0.512. The number of carbonyl (C=O) groups is 1. The summed E-state index contributed by atoms with van der Waals surface area (Å²) in [6.45, 7) is 3.81. The van der Waals surface area contributed by atoms with E-state index >= 15 is 0 Å². The molecule has 0 unspecified atom stereocenters. The lowest BCUT2D eigenvalue weighted by Gasteiger charge is -2.27. The van der Waals surface area contributed by atoms with Crippen molar-refractivity contribution >= 4 is 29.7 Å². The van der Waals surface area contributed by atoms with E-state index < -0.39 is 0 Å². The van der Waals surface area contributed by atoms with E-state index in [2.05, 4.69) is 38.6 Å². The van der Waals surface area contributed by atoms with Crippen LogP contribution in [0.2, 0.25) is 5.02 Å². The summed E-state index contributed by atoms with van der Waals surface area (Å²) in [7, 11) is 0. The highest BCUT2D eigenvalue weighted by Gasteiger charge is 2.15. The van der Waals surface area contributed by atoms with Gasteiger partial charge in [-0.2, -0.15) is 5.10 Å². The maximum atomic E-state index is 12.7. The highest BCUT2D eigenvalue weighted by molar-refractivity contribution is 7.71. The van der Waals surface area contributed by atoms with Crippen LogP contribution in [0.5, 0.6) is 0 Å². The van der Waals surface area contributed by atoms with Crippen LogP contribution in [0.15, 0.2) is 48.5 Å². The Morgan fingerprint density at radius 1 is 1.06 bits per heavy atom. The van der Waals surface area contributed by atoms with Gasteiger partial charge in [0.15, 0.2) is 10.6 Å². The van der Waals surface area contributed by atoms with E-state index in [0.29, 0.717) is 22.2 Å². The SMILES string of the molecule is O=C(Cn1c(-c2ccc(Cl)cc2)n[nH]c1=S)NCc1ccccc1CN1CCCCC1. The van der Waals surface area contributed by atoms with E-state index in [9.17, 15) is 4.79 Å². The van der Waals surface area contributed by atoms with Crippen LogP contribution in [-0.4, -0.2) is 38.7 Å². The van der Waals surface area contributed by atoms with Gasteiger partial charge in [-0.3, -0.25) is 19.4 Å². The number of benzene rings is 2. The van der Waals surface area contributed by atoms with Gasteiger partial charge < -0.3 is 5.32 Å². The topological polar surface area (TPSA) is 66.0 Å². The third-order valence-corrected chi connectivity index (χ3v) is 6.16. The first-order valence-electron chi connectivity index (χ1n) is 10.6. The number of hydrogen-bond donors (Lipinski definition) is 2. The van der Waals surface area contributed by atoms with E-state index in [0.717, 1.165) is 30.8 Å². The second kappa shape index (κ2) is 10.2. The van der Waals surface area contributed by atoms with Crippen molar-refractivity contribution in [3.05, 3.63) is 69.5 Å². The second-order valence-electron chi connectivity index (χ2n) is 7.83. The van der Waals surface area contributed by atoms with Gasteiger partial charge in [0.1, 0.15) is 6.54 Å². The van der Waals surface area contributed by atoms with Gasteiger partial charge in [0.2, 0.25) is 5.91 Å². The predicted molar refractivity (Wildman–Crippen MR) is 125 cm³/mol. The lowest BCUT2D eigenvalue weighted by molar-refractivity contribution is -0.121. The van der Waals surface area contributed by atoms with Gasteiger partial charge >= 0.3 is 0 Å². The number of piperidine rings is 1. The number of rotatable bonds is 7. The molecule has 1 aliphatic heterocycles. The average Bonchev–Trinajstić information content (AvgIpc) is 3.14. The summed E-state index contributed by atoms with van der Waals surface area (Å²) in [4.78, 5) is 15.2. The monoisotopic (exact) mass is 455 g/mol. The maximum Gasteiger partial charge on any atom is 0.240 e. The number of nitrogens with zero attached hydrogens (tertiary/aromatic N) is 3. The molecule has 2 N–H and O–H groups in total. The van der Waals surface area contributed by atoms with Crippen LogP contribution in [0.25, 0.3) is 11.4 Å². The first kappa shape index (κ1) is 21.7. The molecule has 2 heterocycles. The zero-order valence-corrected chi connectivity index (χ0v) is 18.9. The van der Waals surface area contributed by atoms with Crippen LogP contribution in [0.3, 0.4) is 0 Å². The number of hydrogen-bond acceptors (Lipinski definition) is 4. The van der Waals surface area contributed by atoms with Crippen molar-refractivity contribution in [2.24, 2.45) is 0 Å². The molecule has 0 bridgehead atoms. The van der Waals surface area contributed by atoms with Crippen molar-refractivity contribution in [1.29, 1.82) is 0 Å². The van der Waals surface area contributed by atoms with E-state index in [1.165, 1.54) is 24.8 Å². The Balaban J connectivity index is 1.41. The Morgan fingerprint density at radius 3 is 2.52 bits per heavy atom. The van der Waals surface area contributed by atoms with Crippen LogP contribution < -0.4 is 5.32 Å². The minimum Gasteiger partial charge on any atom is -0.350 e. The normalized spacial score (nSPS) is 14.5. The van der Waals surface area contributed by atoms with E-state index in [1.807, 2.05) is 18.2 Å². The Hall–Kier alpha value is -2.48. The molecular formula is C23H26ClN5OS. The zero-order chi connectivity index (χ0) is 21.6. The van der Waals surface area contributed by atoms with Crippen LogP contribution in [0.4, 0.5) is 0 Å². The van der Waals surface area contributed by atoms with E-state index in [1.54, 1.807) is 16.7 Å². The lowest BCUT2D eigenvalue weighted by Crippen LogP contribution is -2.31. The number of H-pyrrole nitrogens is 1. The van der Waals surface area contributed by atoms with Crippen LogP contribution in [0.1, 0.15) is 30.4 Å². The average molecular weight is 456 g/mol. The van der Waals surface area contributed by atoms with Crippen molar-refractivity contribution < 1.29 is 4.79 Å².